The van der Waals surface area contributed by atoms with Crippen molar-refractivity contribution in [1.82, 2.24) is 19.5 Å². The second kappa shape index (κ2) is 9.22. The van der Waals surface area contributed by atoms with E-state index in [0.717, 1.165) is 0 Å². The van der Waals surface area contributed by atoms with Crippen molar-refractivity contribution in [1.29, 1.82) is 0 Å². The zero-order valence-corrected chi connectivity index (χ0v) is 20.6. The van der Waals surface area contributed by atoms with Crippen LogP contribution in [-0.4, -0.2) is 37.4 Å². The fourth-order valence-corrected chi connectivity index (χ4v) is 5.64. The summed E-state index contributed by atoms with van der Waals surface area (Å²) in [5.74, 6) is -2.45. The number of nitrogens with zero attached hydrogens (tertiary/aromatic N) is 4. The number of nitrogens with one attached hydrogen (secondary N) is 2. The Morgan fingerprint density at radius 2 is 1.74 bits per heavy atom. The largest absolute Gasteiger partial charge is 0.369 e. The van der Waals surface area contributed by atoms with Crippen LogP contribution >= 0.6 is 34.8 Å². The molecule has 2 saturated carbocycles. The minimum atomic E-state index is -2.66. The summed E-state index contributed by atoms with van der Waals surface area (Å²) >= 11 is 18.8. The smallest absolute Gasteiger partial charge is 0.252 e. The maximum Gasteiger partial charge on any atom is 0.252 e. The van der Waals surface area contributed by atoms with Crippen molar-refractivity contribution in [3.63, 3.8) is 0 Å². The quantitative estimate of drug-likeness (QED) is 0.353. The minimum Gasteiger partial charge on any atom is -0.369 e. The van der Waals surface area contributed by atoms with Gasteiger partial charge in [-0.3, -0.25) is 9.36 Å². The molecule has 5 rings (SSSR count). The molecule has 35 heavy (non-hydrogen) atoms. The van der Waals surface area contributed by atoms with Gasteiger partial charge in [0.05, 0.1) is 21.9 Å². The van der Waals surface area contributed by atoms with Crippen molar-refractivity contribution in [2.24, 2.45) is 11.7 Å². The summed E-state index contributed by atoms with van der Waals surface area (Å²) in [5.41, 5.74) is 6.98. The molecule has 2 aliphatic carbocycles. The molecule has 0 unspecified atom stereocenters. The molecule has 0 spiro atoms. The Hall–Kier alpha value is -2.43. The van der Waals surface area contributed by atoms with Crippen LogP contribution in [0.25, 0.3) is 11.2 Å². The second-order valence-electron chi connectivity index (χ2n) is 9.09. The summed E-state index contributed by atoms with van der Waals surface area (Å²) in [4.78, 5) is 25.2. The number of halogens is 5. The van der Waals surface area contributed by atoms with Crippen molar-refractivity contribution in [2.45, 2.75) is 56.5 Å². The molecule has 13 heteroatoms. The number of nitrogens with two attached hydrogens (primary N) is 1. The summed E-state index contributed by atoms with van der Waals surface area (Å²) in [6.07, 6.45) is 3.65. The molecular formula is C22H22Cl3F2N7O. The van der Waals surface area contributed by atoms with Gasteiger partial charge in [0.15, 0.2) is 5.65 Å². The van der Waals surface area contributed by atoms with Crippen LogP contribution in [0.2, 0.25) is 15.1 Å². The third-order valence-corrected chi connectivity index (χ3v) is 7.38. The van der Waals surface area contributed by atoms with E-state index >= 15 is 0 Å². The maximum atomic E-state index is 13.3. The van der Waals surface area contributed by atoms with Crippen LogP contribution < -0.4 is 16.4 Å². The number of primary amides is 1. The Balaban J connectivity index is 1.51. The number of benzene rings is 1. The molecule has 3 aromatic rings. The number of alkyl halides is 2. The topological polar surface area (TPSA) is 111 Å². The number of aromatic nitrogens is 4. The van der Waals surface area contributed by atoms with Gasteiger partial charge in [-0.2, -0.15) is 4.98 Å². The summed E-state index contributed by atoms with van der Waals surface area (Å²) < 4.78 is 28.5. The first-order chi connectivity index (χ1) is 16.6. The van der Waals surface area contributed by atoms with E-state index < -0.39 is 12.0 Å². The predicted molar refractivity (Wildman–Crippen MR) is 132 cm³/mol. The van der Waals surface area contributed by atoms with E-state index in [1.54, 1.807) is 18.3 Å². The zero-order chi connectivity index (χ0) is 24.9. The highest BCUT2D eigenvalue weighted by Crippen LogP contribution is 2.41. The average molecular weight is 545 g/mol. The van der Waals surface area contributed by atoms with Crippen LogP contribution in [0.4, 0.5) is 26.4 Å². The first-order valence-electron chi connectivity index (χ1n) is 11.2. The highest BCUT2D eigenvalue weighted by Gasteiger charge is 2.45. The number of fused-ring (bicyclic) bond motifs is 1. The fraction of sp³-hybridized carbons (Fsp3) is 0.455. The number of amides is 1. The molecule has 2 aromatic heterocycles. The molecule has 2 fully saturated rings. The number of carbonyl (C=O) groups excluding carboxylic acids is 1. The molecule has 2 aliphatic rings. The van der Waals surface area contributed by atoms with Gasteiger partial charge < -0.3 is 16.4 Å². The molecule has 0 radical (unpaired) electrons. The monoisotopic (exact) mass is 543 g/mol. The SMILES string of the molecule is NC(=O)[C@H]1CC[C@@H](n2c(Nc3c(Cl)cc(Cl)cc3Cl)nc3cnc(NC4CC(F)(F)C4)nc32)CC1. The van der Waals surface area contributed by atoms with E-state index in [1.807, 2.05) is 4.57 Å². The van der Waals surface area contributed by atoms with Crippen molar-refractivity contribution in [2.75, 3.05) is 10.6 Å². The highest BCUT2D eigenvalue weighted by atomic mass is 35.5. The summed E-state index contributed by atoms with van der Waals surface area (Å²) in [7, 11) is 0. The molecule has 186 valence electrons. The van der Waals surface area contributed by atoms with Crippen LogP contribution in [0, 0.1) is 5.92 Å². The lowest BCUT2D eigenvalue weighted by molar-refractivity contribution is -0.122. The van der Waals surface area contributed by atoms with E-state index in [4.69, 9.17) is 40.5 Å². The normalized spacial score (nSPS) is 22.1. The second-order valence-corrected chi connectivity index (χ2v) is 10.3. The molecule has 2 heterocycles. The van der Waals surface area contributed by atoms with E-state index in [1.165, 1.54) is 0 Å². The lowest BCUT2D eigenvalue weighted by Gasteiger charge is -2.35. The van der Waals surface area contributed by atoms with Gasteiger partial charge in [-0.25, -0.2) is 18.7 Å². The number of carbonyl (C=O) groups is 1. The number of hydrogen-bond donors (Lipinski definition) is 3. The van der Waals surface area contributed by atoms with Gasteiger partial charge in [-0.15, -0.1) is 0 Å². The van der Waals surface area contributed by atoms with E-state index in [9.17, 15) is 13.6 Å². The molecule has 0 aliphatic heterocycles. The molecule has 0 saturated heterocycles. The maximum absolute atomic E-state index is 13.3. The van der Waals surface area contributed by atoms with E-state index in [-0.39, 0.29) is 36.7 Å². The van der Waals surface area contributed by atoms with Gasteiger partial charge in [-0.05, 0) is 37.8 Å². The van der Waals surface area contributed by atoms with Gasteiger partial charge in [0.25, 0.3) is 5.92 Å². The zero-order valence-electron chi connectivity index (χ0n) is 18.4. The van der Waals surface area contributed by atoms with Crippen LogP contribution in [0.3, 0.4) is 0 Å². The third-order valence-electron chi connectivity index (χ3n) is 6.56. The van der Waals surface area contributed by atoms with Crippen LogP contribution in [0.15, 0.2) is 18.3 Å². The Morgan fingerprint density at radius 1 is 1.09 bits per heavy atom. The standard InChI is InChI=1S/C22H22Cl3F2N7O/c23-11-5-14(24)17(15(25)6-11)32-21-31-16-9-29-20(30-12-7-22(26,27)8-12)33-19(16)34(21)13-3-1-10(2-4-13)18(28)35/h5-6,9-10,12-13H,1-4,7-8H2,(H2,28,35)(H,31,32)(H,29,30,33)/t10-,13+. The predicted octanol–water partition coefficient (Wildman–Crippen LogP) is 5.96. The Bertz CT molecular complexity index is 1260. The summed E-state index contributed by atoms with van der Waals surface area (Å²) in [6, 6.07) is 2.70. The first kappa shape index (κ1) is 24.3. The van der Waals surface area contributed by atoms with Crippen molar-refractivity contribution >= 4 is 69.5 Å². The van der Waals surface area contributed by atoms with E-state index in [0.29, 0.717) is 63.6 Å². The molecule has 8 nitrogen and oxygen atoms in total. The average Bonchev–Trinajstić information content (AvgIpc) is 3.12. The molecule has 0 atom stereocenters. The van der Waals surface area contributed by atoms with Crippen LogP contribution in [0.1, 0.15) is 44.6 Å². The van der Waals surface area contributed by atoms with Crippen LogP contribution in [-0.2, 0) is 4.79 Å². The molecule has 4 N–H and O–H groups in total. The number of imidazole rings is 1. The Labute approximate surface area is 214 Å². The first-order valence-corrected chi connectivity index (χ1v) is 12.3. The third kappa shape index (κ3) is 4.96. The lowest BCUT2D eigenvalue weighted by Crippen LogP contribution is -2.44. The molecular weight excluding hydrogens is 523 g/mol. The van der Waals surface area contributed by atoms with E-state index in [2.05, 4.69) is 25.6 Å². The lowest BCUT2D eigenvalue weighted by atomic mass is 9.85. The van der Waals surface area contributed by atoms with Crippen LogP contribution in [0.5, 0.6) is 0 Å². The van der Waals surface area contributed by atoms with Gasteiger partial charge >= 0.3 is 0 Å². The highest BCUT2D eigenvalue weighted by molar-refractivity contribution is 6.41. The van der Waals surface area contributed by atoms with Gasteiger partial charge in [0, 0.05) is 35.9 Å². The number of hydrogen-bond acceptors (Lipinski definition) is 6. The van der Waals surface area contributed by atoms with Crippen molar-refractivity contribution < 1.29 is 13.6 Å². The van der Waals surface area contributed by atoms with Gasteiger partial charge in [0.1, 0.15) is 5.52 Å². The molecule has 1 aromatic carbocycles. The van der Waals surface area contributed by atoms with Gasteiger partial charge in [0.2, 0.25) is 17.8 Å². The van der Waals surface area contributed by atoms with Crippen molar-refractivity contribution in [3.05, 3.63) is 33.4 Å². The molecule has 1 amide bonds. The molecule has 0 bridgehead atoms. The van der Waals surface area contributed by atoms with Crippen molar-refractivity contribution in [3.8, 4) is 0 Å². The summed E-state index contributed by atoms with van der Waals surface area (Å²) in [5, 5.41) is 7.21. The summed E-state index contributed by atoms with van der Waals surface area (Å²) in [6.45, 7) is 0. The number of anilines is 3. The Morgan fingerprint density at radius 3 is 2.34 bits per heavy atom. The Kier molecular flexibility index (Phi) is 6.39. The fourth-order valence-electron chi connectivity index (χ4n) is 4.73. The number of rotatable bonds is 6. The van der Waals surface area contributed by atoms with Gasteiger partial charge in [-0.1, -0.05) is 34.8 Å². The minimum absolute atomic E-state index is 0.0428.